The zero-order valence-corrected chi connectivity index (χ0v) is 20.1. The lowest BCUT2D eigenvalue weighted by atomic mass is 9.79. The standard InChI is InChI=1S/C25H29N5O5/c1-13(2)25(23(34)28-24(35)29-25)17-7-5-16(6-8-17)21(31)30-10-9-18(19(30)22(32)33)27-20-15(4)11-14(3)12-26-20/h5-8,11-13,18-19H,9-10H2,1-4H3,(H,26,27)(H,32,33)(H2,28,29,34,35)/t18-,19-,25+/m0/s1. The molecule has 0 spiro atoms. The van der Waals surface area contributed by atoms with Crippen LogP contribution in [0.25, 0.3) is 0 Å². The minimum absolute atomic E-state index is 0.240. The number of hydrogen-bond acceptors (Lipinski definition) is 6. The van der Waals surface area contributed by atoms with Gasteiger partial charge in [0.2, 0.25) is 0 Å². The first-order valence-corrected chi connectivity index (χ1v) is 11.5. The maximum absolute atomic E-state index is 13.3. The van der Waals surface area contributed by atoms with Crippen molar-refractivity contribution in [3.8, 4) is 0 Å². The number of urea groups is 1. The number of nitrogens with one attached hydrogen (secondary N) is 3. The summed E-state index contributed by atoms with van der Waals surface area (Å²) in [5.41, 5.74) is 1.52. The number of benzene rings is 1. The van der Waals surface area contributed by atoms with E-state index in [0.29, 0.717) is 23.4 Å². The SMILES string of the molecule is Cc1cnc(N[C@H]2CCN(C(=O)c3ccc([C@@]4(C(C)C)NC(=O)NC4=O)cc3)[C@@H]2C(=O)O)c(C)c1. The van der Waals surface area contributed by atoms with Crippen molar-refractivity contribution in [3.63, 3.8) is 0 Å². The first-order valence-electron chi connectivity index (χ1n) is 11.5. The molecule has 10 heteroatoms. The van der Waals surface area contributed by atoms with Gasteiger partial charge in [0.15, 0.2) is 0 Å². The van der Waals surface area contributed by atoms with Gasteiger partial charge in [-0.3, -0.25) is 14.9 Å². The van der Waals surface area contributed by atoms with Crippen molar-refractivity contribution in [2.45, 2.75) is 51.7 Å². The summed E-state index contributed by atoms with van der Waals surface area (Å²) in [6, 6.07) is 6.20. The number of aryl methyl sites for hydroxylation is 2. The monoisotopic (exact) mass is 479 g/mol. The smallest absolute Gasteiger partial charge is 0.328 e. The summed E-state index contributed by atoms with van der Waals surface area (Å²) >= 11 is 0. The summed E-state index contributed by atoms with van der Waals surface area (Å²) in [5, 5.41) is 18.1. The second-order valence-electron chi connectivity index (χ2n) is 9.45. The first-order chi connectivity index (χ1) is 16.5. The third kappa shape index (κ3) is 4.20. The van der Waals surface area contributed by atoms with Crippen LogP contribution in [-0.2, 0) is 15.1 Å². The zero-order valence-electron chi connectivity index (χ0n) is 20.1. The molecule has 0 unspecified atom stereocenters. The molecule has 0 saturated carbocycles. The Balaban J connectivity index is 1.56. The number of anilines is 1. The molecule has 2 fully saturated rings. The van der Waals surface area contributed by atoms with Crippen molar-refractivity contribution in [1.82, 2.24) is 20.5 Å². The number of rotatable bonds is 6. The Labute approximate surface area is 203 Å². The number of pyridine rings is 1. The number of aliphatic carboxylic acids is 1. The van der Waals surface area contributed by atoms with Crippen LogP contribution in [0.4, 0.5) is 10.6 Å². The number of carboxylic acid groups (broad SMARTS) is 1. The van der Waals surface area contributed by atoms with Gasteiger partial charge in [0, 0.05) is 18.3 Å². The van der Waals surface area contributed by atoms with Crippen LogP contribution < -0.4 is 16.0 Å². The van der Waals surface area contributed by atoms with E-state index in [1.54, 1.807) is 30.5 Å². The molecular formula is C25H29N5O5. The molecule has 1 aromatic heterocycles. The Bertz CT molecular complexity index is 1200. The Morgan fingerprint density at radius 2 is 1.89 bits per heavy atom. The summed E-state index contributed by atoms with van der Waals surface area (Å²) in [6.45, 7) is 7.75. The molecule has 10 nitrogen and oxygen atoms in total. The maximum Gasteiger partial charge on any atom is 0.328 e. The number of aromatic nitrogens is 1. The number of likely N-dealkylation sites (tertiary alicyclic amines) is 1. The van der Waals surface area contributed by atoms with E-state index in [1.165, 1.54) is 4.90 Å². The topological polar surface area (TPSA) is 141 Å². The number of imide groups is 1. The summed E-state index contributed by atoms with van der Waals surface area (Å²) in [6.07, 6.45) is 2.17. The Hall–Kier alpha value is -3.95. The number of carboxylic acids is 1. The highest BCUT2D eigenvalue weighted by atomic mass is 16.4. The molecular weight excluding hydrogens is 450 g/mol. The predicted octanol–water partition coefficient (Wildman–Crippen LogP) is 2.17. The Kier molecular flexibility index (Phi) is 6.23. The molecule has 4 rings (SSSR count). The molecule has 3 atom stereocenters. The number of carbonyl (C=O) groups excluding carboxylic acids is 3. The predicted molar refractivity (Wildman–Crippen MR) is 128 cm³/mol. The normalized spacial score (nSPS) is 23.9. The van der Waals surface area contributed by atoms with Gasteiger partial charge >= 0.3 is 12.0 Å². The van der Waals surface area contributed by atoms with E-state index in [0.717, 1.165) is 11.1 Å². The molecule has 0 aliphatic carbocycles. The molecule has 2 aliphatic heterocycles. The molecule has 3 heterocycles. The second-order valence-corrected chi connectivity index (χ2v) is 9.45. The highest BCUT2D eigenvalue weighted by Crippen LogP contribution is 2.33. The van der Waals surface area contributed by atoms with E-state index in [1.807, 2.05) is 33.8 Å². The third-order valence-electron chi connectivity index (χ3n) is 6.80. The van der Waals surface area contributed by atoms with Crippen LogP contribution in [0.15, 0.2) is 36.5 Å². The number of amides is 4. The zero-order chi connectivity index (χ0) is 25.5. The molecule has 2 aromatic rings. The Morgan fingerprint density at radius 3 is 2.43 bits per heavy atom. The van der Waals surface area contributed by atoms with Crippen LogP contribution in [0.3, 0.4) is 0 Å². The lowest BCUT2D eigenvalue weighted by Gasteiger charge is -2.31. The quantitative estimate of drug-likeness (QED) is 0.465. The van der Waals surface area contributed by atoms with E-state index >= 15 is 0 Å². The fourth-order valence-corrected chi connectivity index (χ4v) is 4.97. The van der Waals surface area contributed by atoms with Crippen molar-refractivity contribution in [2.75, 3.05) is 11.9 Å². The molecule has 2 saturated heterocycles. The molecule has 0 bridgehead atoms. The molecule has 4 amide bonds. The summed E-state index contributed by atoms with van der Waals surface area (Å²) in [5.74, 6) is -1.60. The lowest BCUT2D eigenvalue weighted by Crippen LogP contribution is -2.48. The fraction of sp³-hybridized carbons (Fsp3) is 0.400. The molecule has 0 radical (unpaired) electrons. The van der Waals surface area contributed by atoms with E-state index in [2.05, 4.69) is 20.9 Å². The van der Waals surface area contributed by atoms with Gasteiger partial charge in [0.05, 0.1) is 6.04 Å². The van der Waals surface area contributed by atoms with E-state index in [4.69, 9.17) is 0 Å². The molecule has 184 valence electrons. The van der Waals surface area contributed by atoms with Crippen LogP contribution in [0, 0.1) is 19.8 Å². The fourth-order valence-electron chi connectivity index (χ4n) is 4.97. The number of nitrogens with zero attached hydrogens (tertiary/aromatic N) is 2. The van der Waals surface area contributed by atoms with Gasteiger partial charge in [-0.05, 0) is 55.0 Å². The first kappa shape index (κ1) is 24.2. The van der Waals surface area contributed by atoms with Gasteiger partial charge in [-0.15, -0.1) is 0 Å². The van der Waals surface area contributed by atoms with Gasteiger partial charge in [-0.2, -0.15) is 0 Å². The van der Waals surface area contributed by atoms with Crippen LogP contribution in [-0.4, -0.2) is 57.4 Å². The van der Waals surface area contributed by atoms with E-state index in [-0.39, 0.29) is 12.5 Å². The average Bonchev–Trinajstić information content (AvgIpc) is 3.36. The van der Waals surface area contributed by atoms with Crippen molar-refractivity contribution in [2.24, 2.45) is 5.92 Å². The molecule has 1 aromatic carbocycles. The van der Waals surface area contributed by atoms with Crippen molar-refractivity contribution in [1.29, 1.82) is 0 Å². The third-order valence-corrected chi connectivity index (χ3v) is 6.80. The van der Waals surface area contributed by atoms with Crippen LogP contribution in [0.5, 0.6) is 0 Å². The van der Waals surface area contributed by atoms with Crippen molar-refractivity contribution >= 4 is 29.6 Å². The van der Waals surface area contributed by atoms with Gasteiger partial charge < -0.3 is 20.6 Å². The summed E-state index contributed by atoms with van der Waals surface area (Å²) in [4.78, 5) is 55.6. The number of carbonyl (C=O) groups is 4. The highest BCUT2D eigenvalue weighted by Gasteiger charge is 2.50. The molecule has 35 heavy (non-hydrogen) atoms. The summed E-state index contributed by atoms with van der Waals surface area (Å²) in [7, 11) is 0. The molecule has 2 aliphatic rings. The van der Waals surface area contributed by atoms with Crippen molar-refractivity contribution in [3.05, 3.63) is 58.8 Å². The lowest BCUT2D eigenvalue weighted by molar-refractivity contribution is -0.141. The molecule has 4 N–H and O–H groups in total. The minimum Gasteiger partial charge on any atom is -0.480 e. The Morgan fingerprint density at radius 1 is 1.20 bits per heavy atom. The average molecular weight is 480 g/mol. The second kappa shape index (κ2) is 9.01. The number of hydrogen-bond donors (Lipinski definition) is 4. The summed E-state index contributed by atoms with van der Waals surface area (Å²) < 4.78 is 0. The highest BCUT2D eigenvalue weighted by molar-refractivity contribution is 6.07. The van der Waals surface area contributed by atoms with Crippen LogP contribution in [0.1, 0.15) is 47.3 Å². The van der Waals surface area contributed by atoms with Gasteiger partial charge in [0.25, 0.3) is 11.8 Å². The van der Waals surface area contributed by atoms with Crippen molar-refractivity contribution < 1.29 is 24.3 Å². The maximum atomic E-state index is 13.3. The van der Waals surface area contributed by atoms with Gasteiger partial charge in [-0.25, -0.2) is 14.6 Å². The minimum atomic E-state index is -1.23. The van der Waals surface area contributed by atoms with Gasteiger partial charge in [0.1, 0.15) is 17.4 Å². The van der Waals surface area contributed by atoms with E-state index < -0.39 is 41.4 Å². The van der Waals surface area contributed by atoms with Crippen LogP contribution in [0.2, 0.25) is 0 Å². The largest absolute Gasteiger partial charge is 0.480 e. The van der Waals surface area contributed by atoms with E-state index in [9.17, 15) is 24.3 Å². The van der Waals surface area contributed by atoms with Crippen LogP contribution >= 0.6 is 0 Å². The van der Waals surface area contributed by atoms with Gasteiger partial charge in [-0.1, -0.05) is 32.0 Å².